The third-order valence-corrected chi connectivity index (χ3v) is 3.03. The summed E-state index contributed by atoms with van der Waals surface area (Å²) in [4.78, 5) is 12.2. The van der Waals surface area contributed by atoms with Gasteiger partial charge < -0.3 is 10.1 Å². The smallest absolute Gasteiger partial charge is 0.269 e. The van der Waals surface area contributed by atoms with E-state index in [-0.39, 0.29) is 5.91 Å². The number of nitrogens with zero attached hydrogens (tertiary/aromatic N) is 2. The molecule has 0 aliphatic heterocycles. The Morgan fingerprint density at radius 3 is 3.00 bits per heavy atom. The molecule has 0 saturated heterocycles. The second-order valence-electron chi connectivity index (χ2n) is 3.31. The minimum Gasteiger partial charge on any atom is -0.492 e. The van der Waals surface area contributed by atoms with Crippen molar-refractivity contribution >= 4 is 34.7 Å². The van der Waals surface area contributed by atoms with Crippen LogP contribution in [0.4, 0.5) is 5.69 Å². The van der Waals surface area contributed by atoms with E-state index in [9.17, 15) is 4.79 Å². The highest BCUT2D eigenvalue weighted by Gasteiger charge is 2.10. The lowest BCUT2D eigenvalue weighted by molar-refractivity contribution is 0.103. The Morgan fingerprint density at radius 1 is 1.56 bits per heavy atom. The van der Waals surface area contributed by atoms with Gasteiger partial charge in [-0.25, -0.2) is 0 Å². The zero-order valence-corrected chi connectivity index (χ0v) is 11.1. The molecule has 7 heteroatoms. The van der Waals surface area contributed by atoms with Gasteiger partial charge in [-0.1, -0.05) is 16.1 Å². The molecule has 0 spiro atoms. The van der Waals surface area contributed by atoms with Crippen molar-refractivity contribution in [3.05, 3.63) is 34.3 Å². The van der Waals surface area contributed by atoms with Gasteiger partial charge in [0.2, 0.25) is 0 Å². The SMILES string of the molecule is CCOc1ccc(NC(=O)c2cnns2)cc1Cl. The fourth-order valence-corrected chi connectivity index (χ4v) is 1.96. The summed E-state index contributed by atoms with van der Waals surface area (Å²) in [6.45, 7) is 2.42. The van der Waals surface area contributed by atoms with Gasteiger partial charge >= 0.3 is 0 Å². The number of amides is 1. The summed E-state index contributed by atoms with van der Waals surface area (Å²) >= 11 is 7.05. The highest BCUT2D eigenvalue weighted by molar-refractivity contribution is 7.07. The largest absolute Gasteiger partial charge is 0.492 e. The number of nitrogens with one attached hydrogen (secondary N) is 1. The molecule has 1 N–H and O–H groups in total. The van der Waals surface area contributed by atoms with Crippen molar-refractivity contribution in [2.24, 2.45) is 0 Å². The monoisotopic (exact) mass is 283 g/mol. The van der Waals surface area contributed by atoms with Crippen molar-refractivity contribution in [2.75, 3.05) is 11.9 Å². The predicted molar refractivity (Wildman–Crippen MR) is 70.5 cm³/mol. The number of hydrogen-bond donors (Lipinski definition) is 1. The molecular weight excluding hydrogens is 274 g/mol. The van der Waals surface area contributed by atoms with Gasteiger partial charge in [0.15, 0.2) is 0 Å². The Labute approximate surface area is 113 Å². The molecule has 0 unspecified atom stereocenters. The van der Waals surface area contributed by atoms with E-state index in [1.807, 2.05) is 6.92 Å². The van der Waals surface area contributed by atoms with Crippen LogP contribution in [0.5, 0.6) is 5.75 Å². The Kier molecular flexibility index (Phi) is 4.11. The molecule has 0 aliphatic rings. The second kappa shape index (κ2) is 5.79. The van der Waals surface area contributed by atoms with E-state index in [0.29, 0.717) is 27.9 Å². The van der Waals surface area contributed by atoms with Crippen LogP contribution in [0.25, 0.3) is 0 Å². The van der Waals surface area contributed by atoms with Crippen molar-refractivity contribution in [1.82, 2.24) is 9.59 Å². The fourth-order valence-electron chi connectivity index (χ4n) is 1.31. The summed E-state index contributed by atoms with van der Waals surface area (Å²) in [5, 5.41) is 6.76. The average Bonchev–Trinajstić information content (AvgIpc) is 2.86. The molecular formula is C11H10ClN3O2S. The Bertz CT molecular complexity index is 545. The van der Waals surface area contributed by atoms with Crippen LogP contribution in [0.1, 0.15) is 16.6 Å². The van der Waals surface area contributed by atoms with Crippen molar-refractivity contribution in [2.45, 2.75) is 6.92 Å². The first kappa shape index (κ1) is 12.8. The van der Waals surface area contributed by atoms with Crippen molar-refractivity contribution in [3.8, 4) is 5.75 Å². The maximum atomic E-state index is 11.7. The number of anilines is 1. The van der Waals surface area contributed by atoms with E-state index in [1.165, 1.54) is 6.20 Å². The molecule has 1 amide bonds. The molecule has 1 aromatic carbocycles. The van der Waals surface area contributed by atoms with E-state index in [2.05, 4.69) is 14.9 Å². The summed E-state index contributed by atoms with van der Waals surface area (Å²) in [6.07, 6.45) is 1.41. The lowest BCUT2D eigenvalue weighted by Crippen LogP contribution is -2.10. The highest BCUT2D eigenvalue weighted by atomic mass is 35.5. The number of rotatable bonds is 4. The van der Waals surface area contributed by atoms with E-state index >= 15 is 0 Å². The van der Waals surface area contributed by atoms with E-state index < -0.39 is 0 Å². The van der Waals surface area contributed by atoms with Crippen molar-refractivity contribution < 1.29 is 9.53 Å². The summed E-state index contributed by atoms with van der Waals surface area (Å²) in [6, 6.07) is 5.08. The summed E-state index contributed by atoms with van der Waals surface area (Å²) < 4.78 is 8.93. The molecule has 94 valence electrons. The van der Waals surface area contributed by atoms with Gasteiger partial charge in [0.1, 0.15) is 10.6 Å². The molecule has 0 aliphatic carbocycles. The standard InChI is InChI=1S/C11H10ClN3O2S/c1-2-17-9-4-3-7(5-8(9)12)14-11(16)10-6-13-15-18-10/h3-6H,2H2,1H3,(H,14,16). The van der Waals surface area contributed by atoms with Crippen LogP contribution >= 0.6 is 23.1 Å². The van der Waals surface area contributed by atoms with Crippen LogP contribution in [0.15, 0.2) is 24.4 Å². The molecule has 0 fully saturated rings. The van der Waals surface area contributed by atoms with Gasteiger partial charge in [-0.3, -0.25) is 4.79 Å². The topological polar surface area (TPSA) is 64.1 Å². The van der Waals surface area contributed by atoms with Gasteiger partial charge in [-0.15, -0.1) is 5.10 Å². The minimum atomic E-state index is -0.259. The first-order valence-electron chi connectivity index (χ1n) is 5.21. The summed E-state index contributed by atoms with van der Waals surface area (Å²) in [5.74, 6) is 0.335. The third-order valence-electron chi connectivity index (χ3n) is 2.07. The molecule has 1 aromatic heterocycles. The molecule has 18 heavy (non-hydrogen) atoms. The maximum Gasteiger partial charge on any atom is 0.269 e. The van der Waals surface area contributed by atoms with Gasteiger partial charge in [-0.05, 0) is 36.7 Å². The molecule has 5 nitrogen and oxygen atoms in total. The predicted octanol–water partition coefficient (Wildman–Crippen LogP) is 2.84. The number of halogens is 1. The van der Waals surface area contributed by atoms with Gasteiger partial charge in [0, 0.05) is 5.69 Å². The van der Waals surface area contributed by atoms with Crippen LogP contribution in [0.2, 0.25) is 5.02 Å². The summed E-state index contributed by atoms with van der Waals surface area (Å²) in [5.41, 5.74) is 0.599. The second-order valence-corrected chi connectivity index (χ2v) is 4.51. The molecule has 0 atom stereocenters. The third kappa shape index (κ3) is 2.96. The normalized spacial score (nSPS) is 10.1. The Balaban J connectivity index is 2.11. The van der Waals surface area contributed by atoms with Crippen LogP contribution in [-0.4, -0.2) is 22.1 Å². The number of carbonyl (C=O) groups is 1. The van der Waals surface area contributed by atoms with E-state index in [0.717, 1.165) is 11.5 Å². The zero-order chi connectivity index (χ0) is 13.0. The van der Waals surface area contributed by atoms with Crippen molar-refractivity contribution in [1.29, 1.82) is 0 Å². The fraction of sp³-hybridized carbons (Fsp3) is 0.182. The lowest BCUT2D eigenvalue weighted by atomic mass is 10.3. The van der Waals surface area contributed by atoms with Crippen molar-refractivity contribution in [3.63, 3.8) is 0 Å². The van der Waals surface area contributed by atoms with Gasteiger partial charge in [-0.2, -0.15) is 0 Å². The van der Waals surface area contributed by atoms with Crippen LogP contribution in [0.3, 0.4) is 0 Å². The highest BCUT2D eigenvalue weighted by Crippen LogP contribution is 2.27. The maximum absolute atomic E-state index is 11.7. The van der Waals surface area contributed by atoms with Gasteiger partial charge in [0.25, 0.3) is 5.91 Å². The Morgan fingerprint density at radius 2 is 2.39 bits per heavy atom. The summed E-state index contributed by atoms with van der Waals surface area (Å²) in [7, 11) is 0. The van der Waals surface area contributed by atoms with Crippen LogP contribution < -0.4 is 10.1 Å². The molecule has 1 heterocycles. The first-order chi connectivity index (χ1) is 8.70. The zero-order valence-electron chi connectivity index (χ0n) is 9.51. The first-order valence-corrected chi connectivity index (χ1v) is 6.37. The average molecular weight is 284 g/mol. The molecule has 0 saturated carbocycles. The van der Waals surface area contributed by atoms with E-state index in [4.69, 9.17) is 16.3 Å². The number of hydrogen-bond acceptors (Lipinski definition) is 5. The van der Waals surface area contributed by atoms with E-state index in [1.54, 1.807) is 18.2 Å². The minimum absolute atomic E-state index is 0.259. The van der Waals surface area contributed by atoms with Gasteiger partial charge in [0.05, 0.1) is 17.8 Å². The molecule has 2 aromatic rings. The molecule has 0 bridgehead atoms. The number of aromatic nitrogens is 2. The lowest BCUT2D eigenvalue weighted by Gasteiger charge is -2.08. The number of benzene rings is 1. The molecule has 2 rings (SSSR count). The Hall–Kier alpha value is -1.66. The van der Waals surface area contributed by atoms with Crippen LogP contribution in [0, 0.1) is 0 Å². The number of ether oxygens (including phenoxy) is 1. The molecule has 0 radical (unpaired) electrons. The van der Waals surface area contributed by atoms with Crippen LogP contribution in [-0.2, 0) is 0 Å². The quantitative estimate of drug-likeness (QED) is 0.937. The number of carbonyl (C=O) groups excluding carboxylic acids is 1.